The van der Waals surface area contributed by atoms with Crippen molar-refractivity contribution < 1.29 is 9.47 Å². The number of rotatable bonds is 0. The second-order valence-electron chi connectivity index (χ2n) is 3.84. The van der Waals surface area contributed by atoms with E-state index in [-0.39, 0.29) is 0 Å². The summed E-state index contributed by atoms with van der Waals surface area (Å²) >= 11 is 0. The number of hydrogen-bond acceptors (Lipinski definition) is 3. The van der Waals surface area contributed by atoms with Gasteiger partial charge in [0.2, 0.25) is 0 Å². The molecule has 0 aromatic rings. The summed E-state index contributed by atoms with van der Waals surface area (Å²) in [6, 6.07) is 0. The topological polar surface area (TPSA) is 30.5 Å². The second kappa shape index (κ2) is 3.73. The van der Waals surface area contributed by atoms with Crippen LogP contribution in [0.25, 0.3) is 0 Å². The molecule has 2 aliphatic heterocycles. The highest BCUT2D eigenvalue weighted by Gasteiger charge is 2.33. The Morgan fingerprint density at radius 1 is 1.00 bits per heavy atom. The molecular weight excluding hydrogens is 154 g/mol. The van der Waals surface area contributed by atoms with Crippen molar-refractivity contribution in [3.8, 4) is 0 Å². The largest absolute Gasteiger partial charge is 0.381 e. The highest BCUT2D eigenvalue weighted by molar-refractivity contribution is 4.85. The molecule has 2 heterocycles. The standard InChI is InChI=1S/C9H17NO2/c1-4-11-5-2-9(1)7-10-3-6-12-8-9/h10H,1-8H2. The zero-order valence-electron chi connectivity index (χ0n) is 7.47. The first-order chi connectivity index (χ1) is 5.91. The molecule has 2 saturated heterocycles. The molecular formula is C9H17NO2. The van der Waals surface area contributed by atoms with E-state index in [4.69, 9.17) is 9.47 Å². The summed E-state index contributed by atoms with van der Waals surface area (Å²) in [5, 5.41) is 3.43. The highest BCUT2D eigenvalue weighted by atomic mass is 16.5. The molecule has 0 radical (unpaired) electrons. The van der Waals surface area contributed by atoms with Crippen LogP contribution in [-0.2, 0) is 9.47 Å². The van der Waals surface area contributed by atoms with Gasteiger partial charge in [-0.15, -0.1) is 0 Å². The fourth-order valence-corrected chi connectivity index (χ4v) is 1.96. The van der Waals surface area contributed by atoms with E-state index in [1.807, 2.05) is 0 Å². The lowest BCUT2D eigenvalue weighted by Gasteiger charge is -2.35. The Hall–Kier alpha value is -0.120. The van der Waals surface area contributed by atoms with Gasteiger partial charge in [-0.05, 0) is 12.8 Å². The minimum absolute atomic E-state index is 0.384. The van der Waals surface area contributed by atoms with Gasteiger partial charge in [-0.3, -0.25) is 0 Å². The maximum absolute atomic E-state index is 5.57. The summed E-state index contributed by atoms with van der Waals surface area (Å²) in [6.45, 7) is 5.71. The zero-order chi connectivity index (χ0) is 8.28. The maximum atomic E-state index is 5.57. The van der Waals surface area contributed by atoms with Crippen molar-refractivity contribution in [3.05, 3.63) is 0 Å². The highest BCUT2D eigenvalue weighted by Crippen LogP contribution is 2.30. The lowest BCUT2D eigenvalue weighted by atomic mass is 9.81. The van der Waals surface area contributed by atoms with Gasteiger partial charge in [-0.1, -0.05) is 0 Å². The summed E-state index contributed by atoms with van der Waals surface area (Å²) in [7, 11) is 0. The van der Waals surface area contributed by atoms with Gasteiger partial charge in [-0.2, -0.15) is 0 Å². The van der Waals surface area contributed by atoms with E-state index in [9.17, 15) is 0 Å². The quantitative estimate of drug-likeness (QED) is 0.572. The van der Waals surface area contributed by atoms with E-state index in [1.54, 1.807) is 0 Å². The zero-order valence-corrected chi connectivity index (χ0v) is 7.47. The van der Waals surface area contributed by atoms with E-state index in [0.717, 1.165) is 52.4 Å². The van der Waals surface area contributed by atoms with Crippen molar-refractivity contribution in [2.45, 2.75) is 12.8 Å². The lowest BCUT2D eigenvalue weighted by Crippen LogP contribution is -2.40. The molecule has 0 atom stereocenters. The van der Waals surface area contributed by atoms with Gasteiger partial charge in [-0.25, -0.2) is 0 Å². The molecule has 2 rings (SSSR count). The molecule has 0 unspecified atom stereocenters. The number of hydrogen-bond donors (Lipinski definition) is 1. The fourth-order valence-electron chi connectivity index (χ4n) is 1.96. The van der Waals surface area contributed by atoms with Crippen LogP contribution in [0.15, 0.2) is 0 Å². The number of nitrogens with one attached hydrogen (secondary N) is 1. The maximum Gasteiger partial charge on any atom is 0.0591 e. The molecule has 0 aromatic heterocycles. The summed E-state index contributed by atoms with van der Waals surface area (Å²) in [5.74, 6) is 0. The Morgan fingerprint density at radius 3 is 2.67 bits per heavy atom. The Morgan fingerprint density at radius 2 is 1.83 bits per heavy atom. The third-order valence-corrected chi connectivity index (χ3v) is 2.88. The molecule has 1 spiro atoms. The first-order valence-corrected chi connectivity index (χ1v) is 4.78. The van der Waals surface area contributed by atoms with Crippen molar-refractivity contribution >= 4 is 0 Å². The molecule has 0 bridgehead atoms. The molecule has 0 aliphatic carbocycles. The van der Waals surface area contributed by atoms with Crippen LogP contribution in [0.4, 0.5) is 0 Å². The van der Waals surface area contributed by atoms with Crippen molar-refractivity contribution in [1.82, 2.24) is 5.32 Å². The van der Waals surface area contributed by atoms with Crippen LogP contribution >= 0.6 is 0 Å². The van der Waals surface area contributed by atoms with E-state index in [2.05, 4.69) is 5.32 Å². The smallest absolute Gasteiger partial charge is 0.0591 e. The van der Waals surface area contributed by atoms with Crippen molar-refractivity contribution in [1.29, 1.82) is 0 Å². The molecule has 2 aliphatic rings. The van der Waals surface area contributed by atoms with Crippen LogP contribution in [0.1, 0.15) is 12.8 Å². The second-order valence-corrected chi connectivity index (χ2v) is 3.84. The van der Waals surface area contributed by atoms with Crippen molar-refractivity contribution in [2.24, 2.45) is 5.41 Å². The van der Waals surface area contributed by atoms with E-state index in [1.165, 1.54) is 0 Å². The van der Waals surface area contributed by atoms with Gasteiger partial charge in [0.15, 0.2) is 0 Å². The molecule has 3 nitrogen and oxygen atoms in total. The van der Waals surface area contributed by atoms with Crippen LogP contribution in [0.5, 0.6) is 0 Å². The third kappa shape index (κ3) is 1.79. The number of ether oxygens (including phenoxy) is 2. The van der Waals surface area contributed by atoms with E-state index in [0.29, 0.717) is 5.41 Å². The van der Waals surface area contributed by atoms with Gasteiger partial charge < -0.3 is 14.8 Å². The Bertz CT molecular complexity index is 133. The first-order valence-electron chi connectivity index (χ1n) is 4.78. The molecule has 0 amide bonds. The van der Waals surface area contributed by atoms with Crippen LogP contribution in [0.3, 0.4) is 0 Å². The summed E-state index contributed by atoms with van der Waals surface area (Å²) in [4.78, 5) is 0. The lowest BCUT2D eigenvalue weighted by molar-refractivity contribution is -0.0251. The summed E-state index contributed by atoms with van der Waals surface area (Å²) in [6.07, 6.45) is 2.31. The molecule has 2 fully saturated rings. The molecule has 0 saturated carbocycles. The van der Waals surface area contributed by atoms with Gasteiger partial charge in [0, 0.05) is 31.7 Å². The van der Waals surface area contributed by atoms with Gasteiger partial charge in [0.1, 0.15) is 0 Å². The van der Waals surface area contributed by atoms with Crippen molar-refractivity contribution in [2.75, 3.05) is 39.5 Å². The fraction of sp³-hybridized carbons (Fsp3) is 1.00. The Labute approximate surface area is 73.4 Å². The summed E-state index contributed by atoms with van der Waals surface area (Å²) < 4.78 is 10.9. The normalized spacial score (nSPS) is 30.0. The van der Waals surface area contributed by atoms with Crippen LogP contribution in [0.2, 0.25) is 0 Å². The minimum atomic E-state index is 0.384. The van der Waals surface area contributed by atoms with Crippen molar-refractivity contribution in [3.63, 3.8) is 0 Å². The predicted molar refractivity (Wildman–Crippen MR) is 46.2 cm³/mol. The van der Waals surface area contributed by atoms with Crippen LogP contribution < -0.4 is 5.32 Å². The molecule has 0 aromatic carbocycles. The van der Waals surface area contributed by atoms with E-state index < -0.39 is 0 Å². The summed E-state index contributed by atoms with van der Waals surface area (Å²) in [5.41, 5.74) is 0.384. The molecule has 1 N–H and O–H groups in total. The first kappa shape index (κ1) is 8.48. The van der Waals surface area contributed by atoms with E-state index >= 15 is 0 Å². The van der Waals surface area contributed by atoms with Gasteiger partial charge >= 0.3 is 0 Å². The average molecular weight is 171 g/mol. The SMILES string of the molecule is C1COCC2(CCOCC2)CN1. The predicted octanol–water partition coefficient (Wildman–Crippen LogP) is 0.403. The van der Waals surface area contributed by atoms with Crippen LogP contribution in [-0.4, -0.2) is 39.5 Å². The Balaban J connectivity index is 1.95. The van der Waals surface area contributed by atoms with Crippen LogP contribution in [0, 0.1) is 5.41 Å². The average Bonchev–Trinajstić information content (AvgIpc) is 2.33. The minimum Gasteiger partial charge on any atom is -0.381 e. The monoisotopic (exact) mass is 171 g/mol. The van der Waals surface area contributed by atoms with Gasteiger partial charge in [0.05, 0.1) is 13.2 Å². The molecule has 3 heteroatoms. The molecule has 70 valence electrons. The third-order valence-electron chi connectivity index (χ3n) is 2.88. The van der Waals surface area contributed by atoms with Gasteiger partial charge in [0.25, 0.3) is 0 Å². The molecule has 12 heavy (non-hydrogen) atoms. The Kier molecular flexibility index (Phi) is 2.63.